The molecule has 19 heavy (non-hydrogen) atoms. The van der Waals surface area contributed by atoms with Crippen LogP contribution >= 0.6 is 0 Å². The van der Waals surface area contributed by atoms with Crippen molar-refractivity contribution in [2.24, 2.45) is 0 Å². The molecule has 0 unspecified atom stereocenters. The molecule has 7 heteroatoms. The van der Waals surface area contributed by atoms with E-state index in [2.05, 4.69) is 0 Å². The molecule has 0 bridgehead atoms. The van der Waals surface area contributed by atoms with Crippen molar-refractivity contribution in [1.29, 1.82) is 0 Å². The minimum absolute atomic E-state index is 0.202. The van der Waals surface area contributed by atoms with Crippen LogP contribution in [-0.2, 0) is 14.3 Å². The topological polar surface area (TPSA) is 116 Å². The van der Waals surface area contributed by atoms with E-state index in [0.717, 1.165) is 0 Å². The van der Waals surface area contributed by atoms with Crippen molar-refractivity contribution in [3.8, 4) is 0 Å². The van der Waals surface area contributed by atoms with Gasteiger partial charge in [-0.2, -0.15) is 0 Å². The Bertz CT molecular complexity index is 283. The second kappa shape index (κ2) is 7.76. The van der Waals surface area contributed by atoms with Crippen LogP contribution in [-0.4, -0.2) is 63.7 Å². The van der Waals surface area contributed by atoms with Gasteiger partial charge in [0.05, 0.1) is 24.7 Å². The van der Waals surface area contributed by atoms with Gasteiger partial charge >= 0.3 is 5.97 Å². The van der Waals surface area contributed by atoms with Crippen molar-refractivity contribution in [1.82, 2.24) is 0 Å². The molecule has 0 aromatic rings. The lowest BCUT2D eigenvalue weighted by Crippen LogP contribution is -2.47. The van der Waals surface area contributed by atoms with Crippen LogP contribution in [0.15, 0.2) is 0 Å². The third kappa shape index (κ3) is 5.84. The molecule has 4 N–H and O–H groups in total. The van der Waals surface area contributed by atoms with Gasteiger partial charge in [0, 0.05) is 13.0 Å². The molecule has 112 valence electrons. The van der Waals surface area contributed by atoms with E-state index in [-0.39, 0.29) is 19.4 Å². The highest BCUT2D eigenvalue weighted by Crippen LogP contribution is 2.21. The molecule has 1 aliphatic heterocycles. The second-order valence-electron chi connectivity index (χ2n) is 4.84. The summed E-state index contributed by atoms with van der Waals surface area (Å²) in [7, 11) is 0. The van der Waals surface area contributed by atoms with Crippen molar-refractivity contribution in [3.05, 3.63) is 0 Å². The molecule has 1 saturated heterocycles. The standard InChI is InChI=1S/C12H22O7/c1-7-9(14)6-10(15)12(19-7)18-4-2-3-8(13)5-11(16)17/h7-10,12-15H,2-6H2,1H3,(H,16,17)/t7-,8+,9+,10+,12+/m0/s1. The van der Waals surface area contributed by atoms with E-state index in [9.17, 15) is 20.1 Å². The van der Waals surface area contributed by atoms with Crippen molar-refractivity contribution >= 4 is 5.97 Å². The first-order chi connectivity index (χ1) is 8.90. The molecule has 5 atom stereocenters. The molecule has 0 spiro atoms. The molecule has 1 aliphatic rings. The third-order valence-electron chi connectivity index (χ3n) is 3.06. The van der Waals surface area contributed by atoms with Crippen molar-refractivity contribution < 1.29 is 34.7 Å². The summed E-state index contributed by atoms with van der Waals surface area (Å²) >= 11 is 0. The summed E-state index contributed by atoms with van der Waals surface area (Å²) in [6.45, 7) is 1.95. The van der Waals surface area contributed by atoms with Crippen LogP contribution in [0.5, 0.6) is 0 Å². The number of aliphatic hydroxyl groups is 3. The average Bonchev–Trinajstić information content (AvgIpc) is 2.30. The van der Waals surface area contributed by atoms with Gasteiger partial charge in [-0.3, -0.25) is 4.79 Å². The molecule has 1 heterocycles. The Balaban J connectivity index is 2.17. The van der Waals surface area contributed by atoms with Gasteiger partial charge in [-0.15, -0.1) is 0 Å². The zero-order chi connectivity index (χ0) is 14.4. The molecule has 0 aliphatic carbocycles. The maximum atomic E-state index is 10.3. The summed E-state index contributed by atoms with van der Waals surface area (Å²) in [4.78, 5) is 10.3. The summed E-state index contributed by atoms with van der Waals surface area (Å²) in [5.41, 5.74) is 0. The smallest absolute Gasteiger partial charge is 0.305 e. The molecular formula is C12H22O7. The Morgan fingerprint density at radius 2 is 2.11 bits per heavy atom. The molecule has 0 radical (unpaired) electrons. The van der Waals surface area contributed by atoms with Gasteiger partial charge in [-0.05, 0) is 19.8 Å². The highest BCUT2D eigenvalue weighted by atomic mass is 16.7. The summed E-state index contributed by atoms with van der Waals surface area (Å²) < 4.78 is 10.6. The number of carboxylic acids is 1. The van der Waals surface area contributed by atoms with Crippen LogP contribution < -0.4 is 0 Å². The molecule has 0 saturated carbocycles. The minimum atomic E-state index is -1.04. The first-order valence-electron chi connectivity index (χ1n) is 6.43. The number of carbonyl (C=O) groups is 1. The fraction of sp³-hybridized carbons (Fsp3) is 0.917. The molecule has 0 aromatic carbocycles. The highest BCUT2D eigenvalue weighted by Gasteiger charge is 2.34. The average molecular weight is 278 g/mol. The molecular weight excluding hydrogens is 256 g/mol. The quantitative estimate of drug-likeness (QED) is 0.463. The Morgan fingerprint density at radius 1 is 1.42 bits per heavy atom. The van der Waals surface area contributed by atoms with Gasteiger partial charge in [0.2, 0.25) is 0 Å². The lowest BCUT2D eigenvalue weighted by molar-refractivity contribution is -0.261. The zero-order valence-corrected chi connectivity index (χ0v) is 10.9. The van der Waals surface area contributed by atoms with Gasteiger partial charge in [-0.1, -0.05) is 0 Å². The second-order valence-corrected chi connectivity index (χ2v) is 4.84. The van der Waals surface area contributed by atoms with Crippen LogP contribution in [0.3, 0.4) is 0 Å². The van der Waals surface area contributed by atoms with Crippen molar-refractivity contribution in [3.63, 3.8) is 0 Å². The van der Waals surface area contributed by atoms with E-state index < -0.39 is 36.7 Å². The van der Waals surface area contributed by atoms with Crippen LogP contribution in [0, 0.1) is 0 Å². The minimum Gasteiger partial charge on any atom is -0.481 e. The molecule has 7 nitrogen and oxygen atoms in total. The van der Waals surface area contributed by atoms with Gasteiger partial charge in [0.15, 0.2) is 6.29 Å². The van der Waals surface area contributed by atoms with Crippen LogP contribution in [0.25, 0.3) is 0 Å². The summed E-state index contributed by atoms with van der Waals surface area (Å²) in [6, 6.07) is 0. The van der Waals surface area contributed by atoms with Gasteiger partial charge in [-0.25, -0.2) is 0 Å². The lowest BCUT2D eigenvalue weighted by Gasteiger charge is -2.35. The number of ether oxygens (including phenoxy) is 2. The number of rotatable bonds is 7. The van der Waals surface area contributed by atoms with Crippen molar-refractivity contribution in [2.45, 2.75) is 63.3 Å². The number of hydrogen-bond acceptors (Lipinski definition) is 6. The van der Waals surface area contributed by atoms with E-state index in [1.165, 1.54) is 0 Å². The number of aliphatic carboxylic acids is 1. The third-order valence-corrected chi connectivity index (χ3v) is 3.06. The first kappa shape index (κ1) is 16.3. The Labute approximate surface area is 111 Å². The van der Waals surface area contributed by atoms with Crippen molar-refractivity contribution in [2.75, 3.05) is 6.61 Å². The first-order valence-corrected chi connectivity index (χ1v) is 6.43. The normalized spacial score (nSPS) is 33.1. The van der Waals surface area contributed by atoms with Crippen LogP contribution in [0.1, 0.15) is 32.6 Å². The number of carboxylic acid groups (broad SMARTS) is 1. The Kier molecular flexibility index (Phi) is 6.67. The Hall–Kier alpha value is -0.730. The van der Waals surface area contributed by atoms with Crippen LogP contribution in [0.2, 0.25) is 0 Å². The summed E-state index contributed by atoms with van der Waals surface area (Å²) in [5, 5.41) is 36.9. The Morgan fingerprint density at radius 3 is 2.74 bits per heavy atom. The van der Waals surface area contributed by atoms with Gasteiger partial charge in [0.25, 0.3) is 0 Å². The zero-order valence-electron chi connectivity index (χ0n) is 10.9. The molecule has 1 rings (SSSR count). The fourth-order valence-corrected chi connectivity index (χ4v) is 1.92. The van der Waals surface area contributed by atoms with Gasteiger partial charge in [0.1, 0.15) is 6.10 Å². The van der Waals surface area contributed by atoms with E-state index in [1.807, 2.05) is 0 Å². The SMILES string of the molecule is C[C@@H]1O[C@@H](OCCC[C@@H](O)CC(=O)O)[C@H](O)C[C@H]1O. The lowest BCUT2D eigenvalue weighted by atomic mass is 10.0. The maximum absolute atomic E-state index is 10.3. The molecule has 1 fully saturated rings. The predicted molar refractivity (Wildman–Crippen MR) is 64.4 cm³/mol. The van der Waals surface area contributed by atoms with Crippen LogP contribution in [0.4, 0.5) is 0 Å². The fourth-order valence-electron chi connectivity index (χ4n) is 1.92. The molecule has 0 aromatic heterocycles. The largest absolute Gasteiger partial charge is 0.481 e. The van der Waals surface area contributed by atoms with E-state index in [4.69, 9.17) is 14.6 Å². The number of hydrogen-bond donors (Lipinski definition) is 4. The highest BCUT2D eigenvalue weighted by molar-refractivity contribution is 5.67. The summed E-state index contributed by atoms with van der Waals surface area (Å²) in [5.74, 6) is -1.04. The molecule has 0 amide bonds. The summed E-state index contributed by atoms with van der Waals surface area (Å²) in [6.07, 6.45) is -2.95. The van der Waals surface area contributed by atoms with E-state index in [0.29, 0.717) is 12.8 Å². The van der Waals surface area contributed by atoms with E-state index >= 15 is 0 Å². The number of aliphatic hydroxyl groups excluding tert-OH is 3. The van der Waals surface area contributed by atoms with E-state index in [1.54, 1.807) is 6.92 Å². The van der Waals surface area contributed by atoms with Gasteiger partial charge < -0.3 is 29.9 Å². The maximum Gasteiger partial charge on any atom is 0.305 e. The predicted octanol–water partition coefficient (Wildman–Crippen LogP) is -0.525. The monoisotopic (exact) mass is 278 g/mol.